The number of carbonyl (C=O) groups excluding carboxylic acids is 3. The average Bonchev–Trinajstić information content (AvgIpc) is 3.17. The van der Waals surface area contributed by atoms with E-state index in [-0.39, 0.29) is 10.6 Å². The number of rotatable bonds is 8. The molecule has 4 aromatic carbocycles. The molecule has 0 bridgehead atoms. The zero-order valence-corrected chi connectivity index (χ0v) is 22.0. The smallest absolute Gasteiger partial charge is 0.338 e. The Kier molecular flexibility index (Phi) is 7.49. The third kappa shape index (κ3) is 5.16. The normalized spacial score (nSPS) is 13.4. The molecule has 1 heterocycles. The van der Waals surface area contributed by atoms with Crippen molar-refractivity contribution in [2.45, 2.75) is 18.2 Å². The Labute approximate surface area is 229 Å². The summed E-state index contributed by atoms with van der Waals surface area (Å²) in [6.07, 6.45) is 0.715. The van der Waals surface area contributed by atoms with E-state index in [1.54, 1.807) is 48.5 Å². The maximum absolute atomic E-state index is 13.7. The first-order chi connectivity index (χ1) is 18.5. The van der Waals surface area contributed by atoms with Gasteiger partial charge in [-0.05, 0) is 66.4 Å². The molecule has 0 saturated heterocycles. The number of imide groups is 1. The summed E-state index contributed by atoms with van der Waals surface area (Å²) in [4.78, 5) is 41.8. The second-order valence-electron chi connectivity index (χ2n) is 8.54. The molecule has 6 nitrogen and oxygen atoms in total. The second kappa shape index (κ2) is 11.1. The monoisotopic (exact) mass is 542 g/mol. The van der Waals surface area contributed by atoms with Crippen molar-refractivity contribution >= 4 is 63.3 Å². The molecular weight excluding hydrogens is 520 g/mol. The number of halogens is 1. The third-order valence-corrected chi connectivity index (χ3v) is 7.27. The van der Waals surface area contributed by atoms with E-state index >= 15 is 0 Å². The molecule has 8 heteroatoms. The first-order valence-electron chi connectivity index (χ1n) is 12.0. The SMILES string of the molecule is CCCOC(=O)c1ccc(N2C(=O)C(Nc3cccc4ccccc34)=C(Sc3ccc(Cl)cc3)C2=O)cc1. The van der Waals surface area contributed by atoms with Crippen LogP contribution in [0.1, 0.15) is 23.7 Å². The minimum absolute atomic E-state index is 0.178. The molecule has 5 rings (SSSR count). The predicted molar refractivity (Wildman–Crippen MR) is 151 cm³/mol. The number of ether oxygens (including phenoxy) is 1. The molecule has 190 valence electrons. The summed E-state index contributed by atoms with van der Waals surface area (Å²) in [6.45, 7) is 2.24. The number of hydrogen-bond acceptors (Lipinski definition) is 6. The van der Waals surface area contributed by atoms with E-state index in [9.17, 15) is 14.4 Å². The van der Waals surface area contributed by atoms with E-state index in [2.05, 4.69) is 5.32 Å². The van der Waals surface area contributed by atoms with Gasteiger partial charge in [0.2, 0.25) is 0 Å². The van der Waals surface area contributed by atoms with Gasteiger partial charge < -0.3 is 10.1 Å². The minimum Gasteiger partial charge on any atom is -0.462 e. The van der Waals surface area contributed by atoms with Crippen LogP contribution in [-0.2, 0) is 14.3 Å². The maximum Gasteiger partial charge on any atom is 0.338 e. The van der Waals surface area contributed by atoms with Crippen LogP contribution >= 0.6 is 23.4 Å². The maximum atomic E-state index is 13.7. The number of benzene rings is 4. The lowest BCUT2D eigenvalue weighted by Gasteiger charge is -2.16. The van der Waals surface area contributed by atoms with E-state index in [1.165, 1.54) is 11.8 Å². The lowest BCUT2D eigenvalue weighted by atomic mass is 10.1. The molecule has 38 heavy (non-hydrogen) atoms. The molecule has 0 aliphatic carbocycles. The van der Waals surface area contributed by atoms with Crippen molar-refractivity contribution in [3.05, 3.63) is 112 Å². The van der Waals surface area contributed by atoms with Gasteiger partial charge in [0, 0.05) is 21.0 Å². The summed E-state index contributed by atoms with van der Waals surface area (Å²) in [7, 11) is 0. The highest BCUT2D eigenvalue weighted by atomic mass is 35.5. The Balaban J connectivity index is 1.51. The largest absolute Gasteiger partial charge is 0.462 e. The third-order valence-electron chi connectivity index (χ3n) is 5.92. The number of amides is 2. The first kappa shape index (κ1) is 25.6. The number of fused-ring (bicyclic) bond motifs is 1. The van der Waals surface area contributed by atoms with E-state index in [4.69, 9.17) is 16.3 Å². The fraction of sp³-hybridized carbons (Fsp3) is 0.100. The molecule has 1 N–H and O–H groups in total. The first-order valence-corrected chi connectivity index (χ1v) is 13.2. The highest BCUT2D eigenvalue weighted by Gasteiger charge is 2.40. The van der Waals surface area contributed by atoms with Crippen molar-refractivity contribution in [2.24, 2.45) is 0 Å². The van der Waals surface area contributed by atoms with Gasteiger partial charge in [-0.2, -0.15) is 0 Å². The number of hydrogen-bond donors (Lipinski definition) is 1. The Hall–Kier alpha value is -4.07. The van der Waals surface area contributed by atoms with Crippen molar-refractivity contribution in [2.75, 3.05) is 16.8 Å². The fourth-order valence-corrected chi connectivity index (χ4v) is 5.12. The van der Waals surface area contributed by atoms with Crippen LogP contribution in [-0.4, -0.2) is 24.4 Å². The highest BCUT2D eigenvalue weighted by molar-refractivity contribution is 8.04. The Morgan fingerprint density at radius 1 is 0.895 bits per heavy atom. The lowest BCUT2D eigenvalue weighted by molar-refractivity contribution is -0.120. The van der Waals surface area contributed by atoms with E-state index in [1.807, 2.05) is 49.4 Å². The molecule has 0 saturated carbocycles. The average molecular weight is 543 g/mol. The van der Waals surface area contributed by atoms with Gasteiger partial charge in [0.25, 0.3) is 11.8 Å². The van der Waals surface area contributed by atoms with Gasteiger partial charge in [0.05, 0.1) is 17.9 Å². The molecule has 0 fully saturated rings. The lowest BCUT2D eigenvalue weighted by Crippen LogP contribution is -2.32. The van der Waals surface area contributed by atoms with Crippen LogP contribution in [0.25, 0.3) is 10.8 Å². The zero-order valence-electron chi connectivity index (χ0n) is 20.4. The Bertz CT molecular complexity index is 1560. The standard InChI is InChI=1S/C30H23ClN2O4S/c1-2-18-37-30(36)20-10-14-22(15-11-20)33-28(34)26(27(29(33)35)38-23-16-12-21(31)13-17-23)32-25-9-5-7-19-6-3-4-8-24(19)25/h3-17,32H,2,18H2,1H3. The van der Waals surface area contributed by atoms with Crippen LogP contribution in [0.15, 0.2) is 106 Å². The summed E-state index contributed by atoms with van der Waals surface area (Å²) < 4.78 is 5.18. The van der Waals surface area contributed by atoms with Crippen molar-refractivity contribution in [1.82, 2.24) is 0 Å². The number of esters is 1. The molecule has 0 unspecified atom stereocenters. The van der Waals surface area contributed by atoms with Gasteiger partial charge in [-0.15, -0.1) is 0 Å². The molecule has 4 aromatic rings. The Morgan fingerprint density at radius 2 is 1.61 bits per heavy atom. The summed E-state index contributed by atoms with van der Waals surface area (Å²) in [5.41, 5.74) is 1.59. The highest BCUT2D eigenvalue weighted by Crippen LogP contribution is 2.39. The molecule has 0 atom stereocenters. The zero-order chi connectivity index (χ0) is 26.6. The summed E-state index contributed by atoms with van der Waals surface area (Å²) in [5.74, 6) is -1.40. The van der Waals surface area contributed by atoms with E-state index < -0.39 is 17.8 Å². The number of nitrogens with one attached hydrogen (secondary N) is 1. The fourth-order valence-electron chi connectivity index (χ4n) is 4.06. The number of thioether (sulfide) groups is 1. The van der Waals surface area contributed by atoms with Gasteiger partial charge in [0.1, 0.15) is 10.6 Å². The molecule has 0 spiro atoms. The Morgan fingerprint density at radius 3 is 2.34 bits per heavy atom. The summed E-state index contributed by atoms with van der Waals surface area (Å²) >= 11 is 7.23. The van der Waals surface area contributed by atoms with Gasteiger partial charge >= 0.3 is 5.97 Å². The number of carbonyl (C=O) groups is 3. The van der Waals surface area contributed by atoms with Crippen LogP contribution in [0.3, 0.4) is 0 Å². The van der Waals surface area contributed by atoms with Gasteiger partial charge in [-0.3, -0.25) is 9.59 Å². The molecular formula is C30H23ClN2O4S. The second-order valence-corrected chi connectivity index (χ2v) is 10.1. The molecule has 2 amide bonds. The van der Waals surface area contributed by atoms with Crippen LogP contribution in [0.5, 0.6) is 0 Å². The number of nitrogens with zero attached hydrogens (tertiary/aromatic N) is 1. The van der Waals surface area contributed by atoms with Crippen LogP contribution < -0.4 is 10.2 Å². The number of anilines is 2. The molecule has 0 radical (unpaired) electrons. The van der Waals surface area contributed by atoms with Crippen LogP contribution in [0, 0.1) is 0 Å². The quantitative estimate of drug-likeness (QED) is 0.190. The van der Waals surface area contributed by atoms with Crippen molar-refractivity contribution < 1.29 is 19.1 Å². The van der Waals surface area contributed by atoms with Gasteiger partial charge in [-0.25, -0.2) is 9.69 Å². The predicted octanol–water partition coefficient (Wildman–Crippen LogP) is 7.05. The van der Waals surface area contributed by atoms with Crippen molar-refractivity contribution in [1.29, 1.82) is 0 Å². The molecule has 0 aromatic heterocycles. The van der Waals surface area contributed by atoms with Crippen LogP contribution in [0.2, 0.25) is 5.02 Å². The summed E-state index contributed by atoms with van der Waals surface area (Å²) in [6, 6.07) is 26.9. The van der Waals surface area contributed by atoms with Gasteiger partial charge in [-0.1, -0.05) is 66.7 Å². The minimum atomic E-state index is -0.485. The molecule has 1 aliphatic rings. The van der Waals surface area contributed by atoms with Gasteiger partial charge in [0.15, 0.2) is 0 Å². The topological polar surface area (TPSA) is 75.7 Å². The van der Waals surface area contributed by atoms with Crippen LogP contribution in [0.4, 0.5) is 11.4 Å². The van der Waals surface area contributed by atoms with E-state index in [0.29, 0.717) is 35.0 Å². The molecule has 1 aliphatic heterocycles. The van der Waals surface area contributed by atoms with Crippen molar-refractivity contribution in [3.63, 3.8) is 0 Å². The summed E-state index contributed by atoms with van der Waals surface area (Å²) in [5, 5.41) is 5.75. The van der Waals surface area contributed by atoms with E-state index in [0.717, 1.165) is 20.6 Å². The van der Waals surface area contributed by atoms with Crippen molar-refractivity contribution in [3.8, 4) is 0 Å².